The van der Waals surface area contributed by atoms with E-state index in [9.17, 15) is 0 Å². The lowest BCUT2D eigenvalue weighted by molar-refractivity contribution is 0.615. The van der Waals surface area contributed by atoms with Gasteiger partial charge in [-0.3, -0.25) is 0 Å². The van der Waals surface area contributed by atoms with Crippen molar-refractivity contribution in [1.82, 2.24) is 0 Å². The summed E-state index contributed by atoms with van der Waals surface area (Å²) in [5.41, 5.74) is 1.33. The highest BCUT2D eigenvalue weighted by atomic mass is 32.2. The zero-order valence-electron chi connectivity index (χ0n) is 10.2. The number of nitrogens with one attached hydrogen (secondary N) is 1. The van der Waals surface area contributed by atoms with Crippen LogP contribution in [0.15, 0.2) is 29.2 Å². The summed E-state index contributed by atoms with van der Waals surface area (Å²) in [5.74, 6) is 2.06. The van der Waals surface area contributed by atoms with Crippen molar-refractivity contribution in [2.24, 2.45) is 5.92 Å². The molecule has 0 spiro atoms. The Morgan fingerprint density at radius 3 is 2.69 bits per heavy atom. The van der Waals surface area contributed by atoms with Gasteiger partial charge in [0.25, 0.3) is 0 Å². The first kappa shape index (κ1) is 11.8. The molecule has 1 atom stereocenters. The second-order valence-corrected chi connectivity index (χ2v) is 5.73. The van der Waals surface area contributed by atoms with E-state index in [2.05, 4.69) is 43.4 Å². The molecule has 0 heterocycles. The van der Waals surface area contributed by atoms with Gasteiger partial charge in [0.15, 0.2) is 0 Å². The van der Waals surface area contributed by atoms with Gasteiger partial charge in [0, 0.05) is 16.6 Å². The molecule has 0 aromatic heterocycles. The van der Waals surface area contributed by atoms with Crippen molar-refractivity contribution in [3.63, 3.8) is 0 Å². The third-order valence-corrected chi connectivity index (χ3v) is 4.11. The van der Waals surface area contributed by atoms with Crippen molar-refractivity contribution in [2.45, 2.75) is 44.0 Å². The second-order valence-electron chi connectivity index (χ2n) is 4.43. The van der Waals surface area contributed by atoms with Crippen LogP contribution in [0.3, 0.4) is 0 Å². The van der Waals surface area contributed by atoms with Crippen molar-refractivity contribution in [1.29, 1.82) is 0 Å². The van der Waals surface area contributed by atoms with Crippen LogP contribution in [0, 0.1) is 5.92 Å². The first-order chi connectivity index (χ1) is 7.85. The summed E-state index contributed by atoms with van der Waals surface area (Å²) < 4.78 is 0. The predicted molar refractivity (Wildman–Crippen MR) is 73.3 cm³/mol. The first-order valence-electron chi connectivity index (χ1n) is 6.33. The largest absolute Gasteiger partial charge is 0.381 e. The minimum Gasteiger partial charge on any atom is -0.381 e. The number of thioether (sulfide) groups is 1. The Bertz CT molecular complexity index is 333. The fourth-order valence-electron chi connectivity index (χ4n) is 2.12. The Kier molecular flexibility index (Phi) is 4.16. The maximum atomic E-state index is 3.72. The van der Waals surface area contributed by atoms with Crippen LogP contribution in [0.4, 0.5) is 5.69 Å². The number of hydrogen-bond acceptors (Lipinski definition) is 2. The monoisotopic (exact) mass is 235 g/mol. The first-order valence-corrected chi connectivity index (χ1v) is 7.32. The van der Waals surface area contributed by atoms with Gasteiger partial charge in [0.2, 0.25) is 0 Å². The molecule has 0 bridgehead atoms. The number of anilines is 1. The van der Waals surface area contributed by atoms with Gasteiger partial charge < -0.3 is 5.32 Å². The standard InChI is InChI=1S/C14H21NS/c1-3-12(11-9-10-11)15-13-7-5-6-8-14(13)16-4-2/h5-8,11-12,15H,3-4,9-10H2,1-2H3. The third-order valence-electron chi connectivity index (χ3n) is 3.16. The summed E-state index contributed by atoms with van der Waals surface area (Å²) in [4.78, 5) is 1.39. The van der Waals surface area contributed by atoms with Crippen LogP contribution in [-0.4, -0.2) is 11.8 Å². The summed E-state index contributed by atoms with van der Waals surface area (Å²) >= 11 is 1.92. The number of para-hydroxylation sites is 1. The average molecular weight is 235 g/mol. The summed E-state index contributed by atoms with van der Waals surface area (Å²) in [6.07, 6.45) is 4.05. The molecule has 1 N–H and O–H groups in total. The van der Waals surface area contributed by atoms with E-state index in [0.29, 0.717) is 6.04 Å². The molecule has 1 aliphatic rings. The fraction of sp³-hybridized carbons (Fsp3) is 0.571. The molecular formula is C14H21NS. The molecule has 1 saturated carbocycles. The Morgan fingerprint density at radius 1 is 1.31 bits per heavy atom. The van der Waals surface area contributed by atoms with Gasteiger partial charge in [0.05, 0.1) is 0 Å². The maximum Gasteiger partial charge on any atom is 0.0480 e. The molecule has 1 aliphatic carbocycles. The SMILES string of the molecule is CCSc1ccccc1NC(CC)C1CC1. The second kappa shape index (κ2) is 5.62. The highest BCUT2D eigenvalue weighted by Crippen LogP contribution is 2.37. The Labute approximate surface area is 103 Å². The third kappa shape index (κ3) is 2.94. The minimum atomic E-state index is 0.679. The number of rotatable bonds is 6. The van der Waals surface area contributed by atoms with Crippen LogP contribution in [0.1, 0.15) is 33.1 Å². The Balaban J connectivity index is 2.06. The summed E-state index contributed by atoms with van der Waals surface area (Å²) in [6.45, 7) is 4.49. The van der Waals surface area contributed by atoms with E-state index in [4.69, 9.17) is 0 Å². The van der Waals surface area contributed by atoms with Crippen molar-refractivity contribution in [2.75, 3.05) is 11.1 Å². The van der Waals surface area contributed by atoms with Gasteiger partial charge in [-0.15, -0.1) is 11.8 Å². The van der Waals surface area contributed by atoms with Crippen molar-refractivity contribution in [3.05, 3.63) is 24.3 Å². The molecule has 2 rings (SSSR count). The van der Waals surface area contributed by atoms with E-state index in [1.165, 1.54) is 29.8 Å². The molecule has 1 aromatic rings. The van der Waals surface area contributed by atoms with Gasteiger partial charge in [-0.2, -0.15) is 0 Å². The molecule has 2 heteroatoms. The molecule has 88 valence electrons. The summed E-state index contributed by atoms with van der Waals surface area (Å²) in [5, 5.41) is 3.72. The van der Waals surface area contributed by atoms with E-state index in [1.54, 1.807) is 0 Å². The molecule has 0 saturated heterocycles. The molecule has 1 fully saturated rings. The number of benzene rings is 1. The Hall–Kier alpha value is -0.630. The lowest BCUT2D eigenvalue weighted by Gasteiger charge is -2.19. The highest BCUT2D eigenvalue weighted by molar-refractivity contribution is 7.99. The molecule has 16 heavy (non-hydrogen) atoms. The summed E-state index contributed by atoms with van der Waals surface area (Å²) in [6, 6.07) is 9.36. The molecular weight excluding hydrogens is 214 g/mol. The van der Waals surface area contributed by atoms with E-state index in [-0.39, 0.29) is 0 Å². The molecule has 1 unspecified atom stereocenters. The van der Waals surface area contributed by atoms with Crippen molar-refractivity contribution < 1.29 is 0 Å². The average Bonchev–Trinajstić information content (AvgIpc) is 3.12. The smallest absolute Gasteiger partial charge is 0.0480 e. The lowest BCUT2D eigenvalue weighted by Crippen LogP contribution is -2.20. The van der Waals surface area contributed by atoms with Crippen LogP contribution in [0.5, 0.6) is 0 Å². The zero-order chi connectivity index (χ0) is 11.4. The van der Waals surface area contributed by atoms with Crippen LogP contribution < -0.4 is 5.32 Å². The van der Waals surface area contributed by atoms with Crippen LogP contribution in [0.25, 0.3) is 0 Å². The van der Waals surface area contributed by atoms with E-state index in [0.717, 1.165) is 11.7 Å². The van der Waals surface area contributed by atoms with Crippen LogP contribution in [-0.2, 0) is 0 Å². The van der Waals surface area contributed by atoms with Crippen molar-refractivity contribution >= 4 is 17.4 Å². The Morgan fingerprint density at radius 2 is 2.06 bits per heavy atom. The van der Waals surface area contributed by atoms with Gasteiger partial charge in [0.1, 0.15) is 0 Å². The molecule has 0 amide bonds. The zero-order valence-corrected chi connectivity index (χ0v) is 11.0. The normalized spacial score (nSPS) is 17.1. The number of hydrogen-bond donors (Lipinski definition) is 1. The molecule has 1 nitrogen and oxygen atoms in total. The van der Waals surface area contributed by atoms with Gasteiger partial charge >= 0.3 is 0 Å². The van der Waals surface area contributed by atoms with E-state index in [1.807, 2.05) is 11.8 Å². The molecule has 0 aliphatic heterocycles. The van der Waals surface area contributed by atoms with Crippen molar-refractivity contribution in [3.8, 4) is 0 Å². The minimum absolute atomic E-state index is 0.679. The molecule has 0 radical (unpaired) electrons. The van der Waals surface area contributed by atoms with Crippen LogP contribution >= 0.6 is 11.8 Å². The van der Waals surface area contributed by atoms with Gasteiger partial charge in [-0.05, 0) is 43.1 Å². The highest BCUT2D eigenvalue weighted by Gasteiger charge is 2.30. The molecule has 1 aromatic carbocycles. The van der Waals surface area contributed by atoms with Gasteiger partial charge in [-0.1, -0.05) is 26.0 Å². The predicted octanol–water partition coefficient (Wildman–Crippen LogP) is 4.40. The fourth-order valence-corrected chi connectivity index (χ4v) is 2.89. The summed E-state index contributed by atoms with van der Waals surface area (Å²) in [7, 11) is 0. The van der Waals surface area contributed by atoms with E-state index < -0.39 is 0 Å². The van der Waals surface area contributed by atoms with E-state index >= 15 is 0 Å². The van der Waals surface area contributed by atoms with Crippen LogP contribution in [0.2, 0.25) is 0 Å². The quantitative estimate of drug-likeness (QED) is 0.733. The lowest BCUT2D eigenvalue weighted by atomic mass is 10.1. The topological polar surface area (TPSA) is 12.0 Å². The van der Waals surface area contributed by atoms with Gasteiger partial charge in [-0.25, -0.2) is 0 Å². The maximum absolute atomic E-state index is 3.72.